The first-order valence-electron chi connectivity index (χ1n) is 10.6. The Morgan fingerprint density at radius 1 is 1.09 bits per heavy atom. The van der Waals surface area contributed by atoms with Crippen LogP contribution in [0.5, 0.6) is 11.5 Å². The number of nitrogens with zero attached hydrogens (tertiary/aromatic N) is 2. The van der Waals surface area contributed by atoms with Crippen molar-refractivity contribution in [3.05, 3.63) is 47.5 Å². The normalized spacial score (nSPS) is 18.6. The van der Waals surface area contributed by atoms with Gasteiger partial charge < -0.3 is 18.8 Å². The second-order valence-corrected chi connectivity index (χ2v) is 10.4. The fourth-order valence-corrected chi connectivity index (χ4v) is 5.65. The van der Waals surface area contributed by atoms with Crippen LogP contribution in [-0.2, 0) is 9.84 Å². The molecule has 9 heteroatoms. The van der Waals surface area contributed by atoms with E-state index in [4.69, 9.17) is 25.5 Å². The SMILES string of the molecule is CC1CCCN(c2oc(-c3ccccc3Cl)nc2S(=O)(=O)c2ccc3c(c2)OCCO3)C1. The summed E-state index contributed by atoms with van der Waals surface area (Å²) in [6.07, 6.45) is 2.04. The molecule has 0 spiro atoms. The number of oxazole rings is 1. The number of hydrogen-bond acceptors (Lipinski definition) is 7. The third-order valence-corrected chi connectivity index (χ3v) is 7.69. The maximum atomic E-state index is 13.7. The van der Waals surface area contributed by atoms with Crippen LogP contribution in [-0.4, -0.2) is 39.7 Å². The molecule has 2 aliphatic rings. The summed E-state index contributed by atoms with van der Waals surface area (Å²) in [4.78, 5) is 6.49. The van der Waals surface area contributed by atoms with Crippen LogP contribution >= 0.6 is 11.6 Å². The minimum Gasteiger partial charge on any atom is -0.486 e. The molecule has 2 aromatic carbocycles. The van der Waals surface area contributed by atoms with E-state index in [-0.39, 0.29) is 21.7 Å². The van der Waals surface area contributed by atoms with Crippen molar-refractivity contribution in [3.8, 4) is 23.0 Å². The molecule has 1 saturated heterocycles. The van der Waals surface area contributed by atoms with E-state index in [1.807, 2.05) is 11.0 Å². The Bertz CT molecular complexity index is 1260. The van der Waals surface area contributed by atoms with E-state index in [1.165, 1.54) is 12.1 Å². The van der Waals surface area contributed by atoms with Gasteiger partial charge in [-0.2, -0.15) is 4.98 Å². The highest BCUT2D eigenvalue weighted by Gasteiger charge is 2.34. The van der Waals surface area contributed by atoms with Crippen molar-refractivity contribution in [2.24, 2.45) is 5.92 Å². The van der Waals surface area contributed by atoms with Crippen molar-refractivity contribution >= 4 is 27.3 Å². The second-order valence-electron chi connectivity index (χ2n) is 8.11. The van der Waals surface area contributed by atoms with E-state index in [2.05, 4.69) is 11.9 Å². The van der Waals surface area contributed by atoms with Gasteiger partial charge in [-0.25, -0.2) is 8.42 Å². The standard InChI is InChI=1S/C23H23ClN2O5S/c1-15-5-4-10-26(14-15)23-22(25-21(31-23)17-6-2-3-7-18(17)24)32(27,28)16-8-9-19-20(13-16)30-12-11-29-19/h2-3,6-9,13,15H,4-5,10-12,14H2,1H3. The molecular formula is C23H23ClN2O5S. The third kappa shape index (κ3) is 3.82. The summed E-state index contributed by atoms with van der Waals surface area (Å²) >= 11 is 6.35. The average molecular weight is 475 g/mol. The molecule has 0 aliphatic carbocycles. The van der Waals surface area contributed by atoms with Gasteiger partial charge in [0.2, 0.25) is 26.6 Å². The van der Waals surface area contributed by atoms with E-state index in [0.29, 0.717) is 54.3 Å². The van der Waals surface area contributed by atoms with Crippen molar-refractivity contribution < 1.29 is 22.3 Å². The lowest BCUT2D eigenvalue weighted by atomic mass is 10.0. The van der Waals surface area contributed by atoms with Gasteiger partial charge in [0, 0.05) is 19.2 Å². The lowest BCUT2D eigenvalue weighted by molar-refractivity contribution is 0.171. The minimum atomic E-state index is -4.00. The molecule has 0 radical (unpaired) electrons. The first kappa shape index (κ1) is 21.2. The fraction of sp³-hybridized carbons (Fsp3) is 0.348. The summed E-state index contributed by atoms with van der Waals surface area (Å²) in [7, 11) is -4.00. The summed E-state index contributed by atoms with van der Waals surface area (Å²) in [5.74, 6) is 1.78. The van der Waals surface area contributed by atoms with Crippen LogP contribution in [0.1, 0.15) is 19.8 Å². The van der Waals surface area contributed by atoms with E-state index >= 15 is 0 Å². The highest BCUT2D eigenvalue weighted by atomic mass is 35.5. The van der Waals surface area contributed by atoms with Gasteiger partial charge in [-0.1, -0.05) is 30.7 Å². The van der Waals surface area contributed by atoms with Crippen LogP contribution in [0.15, 0.2) is 56.8 Å². The molecule has 0 bridgehead atoms. The number of halogens is 1. The molecule has 1 aromatic heterocycles. The van der Waals surface area contributed by atoms with Crippen LogP contribution in [0.4, 0.5) is 5.88 Å². The second kappa shape index (κ2) is 8.33. The Kier molecular flexibility index (Phi) is 5.51. The zero-order valence-corrected chi connectivity index (χ0v) is 19.2. The molecule has 7 nitrogen and oxygen atoms in total. The fourth-order valence-electron chi connectivity index (χ4n) is 4.10. The molecule has 3 aromatic rings. The van der Waals surface area contributed by atoms with Crippen LogP contribution in [0.3, 0.4) is 0 Å². The highest BCUT2D eigenvalue weighted by molar-refractivity contribution is 7.91. The molecule has 1 fully saturated rings. The van der Waals surface area contributed by atoms with Gasteiger partial charge in [0.15, 0.2) is 11.5 Å². The predicted molar refractivity (Wildman–Crippen MR) is 120 cm³/mol. The van der Waals surface area contributed by atoms with Crippen LogP contribution in [0.2, 0.25) is 5.02 Å². The van der Waals surface area contributed by atoms with Gasteiger partial charge >= 0.3 is 0 Å². The average Bonchev–Trinajstić information content (AvgIpc) is 3.25. The number of ether oxygens (including phenoxy) is 2. The molecule has 32 heavy (non-hydrogen) atoms. The zero-order chi connectivity index (χ0) is 22.3. The zero-order valence-electron chi connectivity index (χ0n) is 17.6. The Balaban J connectivity index is 1.64. The van der Waals surface area contributed by atoms with Crippen molar-refractivity contribution in [1.29, 1.82) is 0 Å². The van der Waals surface area contributed by atoms with Crippen molar-refractivity contribution in [3.63, 3.8) is 0 Å². The van der Waals surface area contributed by atoms with Crippen LogP contribution < -0.4 is 14.4 Å². The summed E-state index contributed by atoms with van der Waals surface area (Å²) in [6.45, 7) is 4.34. The molecule has 0 N–H and O–H groups in total. The monoisotopic (exact) mass is 474 g/mol. The quantitative estimate of drug-likeness (QED) is 0.535. The minimum absolute atomic E-state index is 0.0760. The largest absolute Gasteiger partial charge is 0.486 e. The predicted octanol–water partition coefficient (Wildman–Crippen LogP) is 4.84. The molecule has 5 rings (SSSR count). The maximum absolute atomic E-state index is 13.7. The van der Waals surface area contributed by atoms with Gasteiger partial charge in [-0.15, -0.1) is 0 Å². The lowest BCUT2D eigenvalue weighted by Crippen LogP contribution is -2.34. The van der Waals surface area contributed by atoms with E-state index in [1.54, 1.807) is 24.3 Å². The maximum Gasteiger partial charge on any atom is 0.236 e. The Labute approximate surface area is 191 Å². The van der Waals surface area contributed by atoms with Gasteiger partial charge in [0.25, 0.3) is 0 Å². The number of rotatable bonds is 4. The first-order chi connectivity index (χ1) is 15.4. The van der Waals surface area contributed by atoms with Crippen molar-refractivity contribution in [1.82, 2.24) is 4.98 Å². The van der Waals surface area contributed by atoms with Gasteiger partial charge in [-0.05, 0) is 43.0 Å². The van der Waals surface area contributed by atoms with E-state index in [9.17, 15) is 8.42 Å². The Morgan fingerprint density at radius 3 is 2.66 bits per heavy atom. The van der Waals surface area contributed by atoms with Crippen molar-refractivity contribution in [2.75, 3.05) is 31.2 Å². The topological polar surface area (TPSA) is 81.9 Å². The molecule has 1 atom stereocenters. The molecule has 1 unspecified atom stereocenters. The molecule has 3 heterocycles. The third-order valence-electron chi connectivity index (χ3n) is 5.71. The van der Waals surface area contributed by atoms with Crippen LogP contribution in [0, 0.1) is 5.92 Å². The number of piperidine rings is 1. The molecule has 2 aliphatic heterocycles. The number of fused-ring (bicyclic) bond motifs is 1. The summed E-state index contributed by atoms with van der Waals surface area (Å²) in [6, 6.07) is 11.7. The number of anilines is 1. The number of benzene rings is 2. The number of sulfone groups is 1. The molecule has 168 valence electrons. The molecule has 0 saturated carbocycles. The Hall–Kier alpha value is -2.71. The number of aromatic nitrogens is 1. The number of hydrogen-bond donors (Lipinski definition) is 0. The molecular weight excluding hydrogens is 452 g/mol. The van der Waals surface area contributed by atoms with Gasteiger partial charge in [0.05, 0.1) is 15.5 Å². The van der Waals surface area contributed by atoms with Gasteiger partial charge in [-0.3, -0.25) is 0 Å². The molecule has 0 amide bonds. The summed E-state index contributed by atoms with van der Waals surface area (Å²) in [5.41, 5.74) is 0.545. The summed E-state index contributed by atoms with van der Waals surface area (Å²) in [5, 5.41) is 0.328. The summed E-state index contributed by atoms with van der Waals surface area (Å²) < 4.78 is 44.6. The Morgan fingerprint density at radius 2 is 1.88 bits per heavy atom. The first-order valence-corrected chi connectivity index (χ1v) is 12.4. The lowest BCUT2D eigenvalue weighted by Gasteiger charge is -2.30. The highest BCUT2D eigenvalue weighted by Crippen LogP contribution is 2.40. The van der Waals surface area contributed by atoms with Gasteiger partial charge in [0.1, 0.15) is 13.2 Å². The van der Waals surface area contributed by atoms with E-state index < -0.39 is 9.84 Å². The van der Waals surface area contributed by atoms with Crippen LogP contribution in [0.25, 0.3) is 11.5 Å². The van der Waals surface area contributed by atoms with Crippen molar-refractivity contribution in [2.45, 2.75) is 29.7 Å². The smallest absolute Gasteiger partial charge is 0.236 e. The van der Waals surface area contributed by atoms with E-state index in [0.717, 1.165) is 12.8 Å².